The van der Waals surface area contributed by atoms with E-state index in [0.29, 0.717) is 10.7 Å². The second-order valence-corrected chi connectivity index (χ2v) is 4.54. The van der Waals surface area contributed by atoms with Gasteiger partial charge in [0.2, 0.25) is 0 Å². The molecule has 4 heteroatoms. The van der Waals surface area contributed by atoms with E-state index in [0.717, 1.165) is 25.0 Å². The molecule has 1 aliphatic heterocycles. The molecule has 16 heavy (non-hydrogen) atoms. The molecular weight excluding hydrogens is 224 g/mol. The normalized spacial score (nSPS) is 23.6. The van der Waals surface area contributed by atoms with Gasteiger partial charge in [0.25, 0.3) is 5.91 Å². The van der Waals surface area contributed by atoms with Gasteiger partial charge in [-0.3, -0.25) is 4.79 Å². The molecule has 1 saturated carbocycles. The molecule has 0 N–H and O–H groups in total. The molecule has 2 aliphatic rings. The largest absolute Gasteiger partial charge is 0.272 e. The number of anilines is 1. The molecule has 1 heterocycles. The summed E-state index contributed by atoms with van der Waals surface area (Å²) >= 11 is 6.06. The number of amides is 1. The van der Waals surface area contributed by atoms with Gasteiger partial charge < -0.3 is 0 Å². The van der Waals surface area contributed by atoms with Gasteiger partial charge in [0.15, 0.2) is 0 Å². The topological polar surface area (TPSA) is 32.7 Å². The van der Waals surface area contributed by atoms with Crippen LogP contribution in [0.25, 0.3) is 0 Å². The van der Waals surface area contributed by atoms with Gasteiger partial charge in [-0.05, 0) is 31.4 Å². The van der Waals surface area contributed by atoms with E-state index >= 15 is 0 Å². The molecular formula is C12H11ClN2O. The van der Waals surface area contributed by atoms with Crippen LogP contribution in [0.15, 0.2) is 29.4 Å². The highest BCUT2D eigenvalue weighted by atomic mass is 35.5. The van der Waals surface area contributed by atoms with Crippen LogP contribution in [-0.2, 0) is 4.79 Å². The maximum Gasteiger partial charge on any atom is 0.256 e. The van der Waals surface area contributed by atoms with Gasteiger partial charge in [0.05, 0.1) is 22.3 Å². The van der Waals surface area contributed by atoms with Crippen molar-refractivity contribution in [3.8, 4) is 0 Å². The van der Waals surface area contributed by atoms with Crippen LogP contribution < -0.4 is 5.01 Å². The van der Waals surface area contributed by atoms with Crippen molar-refractivity contribution in [3.63, 3.8) is 0 Å². The lowest BCUT2D eigenvalue weighted by atomic mass is 10.1. The molecule has 1 aromatic rings. The second kappa shape index (κ2) is 3.59. The third-order valence-electron chi connectivity index (χ3n) is 3.14. The van der Waals surface area contributed by atoms with E-state index in [1.807, 2.05) is 18.2 Å². The molecule has 3 nitrogen and oxygen atoms in total. The number of fused-ring (bicyclic) bond motifs is 1. The van der Waals surface area contributed by atoms with Gasteiger partial charge in [0, 0.05) is 0 Å². The molecule has 0 bridgehead atoms. The Kier molecular flexibility index (Phi) is 2.21. The quantitative estimate of drug-likeness (QED) is 0.736. The molecule has 1 fully saturated rings. The standard InChI is InChI=1S/C12H11ClN2O/c13-9-5-1-2-7-11(9)15-12(16)8-4-3-6-10(8)14-15/h1-2,5,7-8H,3-4,6H2. The Hall–Kier alpha value is -1.35. The molecule has 1 unspecified atom stereocenters. The molecule has 3 rings (SSSR count). The minimum absolute atomic E-state index is 0.0104. The fourth-order valence-electron chi connectivity index (χ4n) is 2.34. The smallest absolute Gasteiger partial charge is 0.256 e. The zero-order valence-corrected chi connectivity index (χ0v) is 9.44. The van der Waals surface area contributed by atoms with E-state index in [-0.39, 0.29) is 11.8 Å². The van der Waals surface area contributed by atoms with Crippen molar-refractivity contribution in [2.24, 2.45) is 11.0 Å². The molecule has 1 atom stereocenters. The highest BCUT2D eigenvalue weighted by Gasteiger charge is 2.39. The second-order valence-electron chi connectivity index (χ2n) is 4.14. The van der Waals surface area contributed by atoms with Crippen LogP contribution in [0.3, 0.4) is 0 Å². The monoisotopic (exact) mass is 234 g/mol. The molecule has 1 aromatic carbocycles. The number of benzene rings is 1. The summed E-state index contributed by atoms with van der Waals surface area (Å²) in [4.78, 5) is 12.1. The first-order chi connectivity index (χ1) is 7.77. The minimum atomic E-state index is 0.0104. The van der Waals surface area contributed by atoms with Crippen molar-refractivity contribution >= 4 is 28.9 Å². The molecule has 1 amide bonds. The first-order valence-electron chi connectivity index (χ1n) is 5.43. The summed E-state index contributed by atoms with van der Waals surface area (Å²) in [5.41, 5.74) is 1.71. The van der Waals surface area contributed by atoms with Crippen molar-refractivity contribution in [1.29, 1.82) is 0 Å². The summed E-state index contributed by atoms with van der Waals surface area (Å²) in [5, 5.41) is 6.41. The third kappa shape index (κ3) is 1.35. The first kappa shape index (κ1) is 9.85. The van der Waals surface area contributed by atoms with Crippen LogP contribution in [0.5, 0.6) is 0 Å². The fourth-order valence-corrected chi connectivity index (χ4v) is 2.55. The SMILES string of the molecule is O=C1C2CCCC2=NN1c1ccccc1Cl. The van der Waals surface area contributed by atoms with Crippen LogP contribution in [-0.4, -0.2) is 11.6 Å². The summed E-state index contributed by atoms with van der Waals surface area (Å²) in [6, 6.07) is 7.31. The van der Waals surface area contributed by atoms with E-state index < -0.39 is 0 Å². The highest BCUT2D eigenvalue weighted by molar-refractivity contribution is 6.34. The number of hydrogen-bond donors (Lipinski definition) is 0. The number of carbonyl (C=O) groups is 1. The lowest BCUT2D eigenvalue weighted by molar-refractivity contribution is -0.119. The average molecular weight is 235 g/mol. The fraction of sp³-hybridized carbons (Fsp3) is 0.333. The maximum atomic E-state index is 12.1. The summed E-state index contributed by atoms with van der Waals surface area (Å²) in [7, 11) is 0. The van der Waals surface area contributed by atoms with E-state index in [4.69, 9.17) is 11.6 Å². The molecule has 1 aliphatic carbocycles. The van der Waals surface area contributed by atoms with Gasteiger partial charge >= 0.3 is 0 Å². The van der Waals surface area contributed by atoms with Crippen molar-refractivity contribution in [2.75, 3.05) is 5.01 Å². The average Bonchev–Trinajstić information content (AvgIpc) is 2.83. The predicted octanol–water partition coefficient (Wildman–Crippen LogP) is 2.84. The summed E-state index contributed by atoms with van der Waals surface area (Å²) in [6.07, 6.45) is 2.95. The van der Waals surface area contributed by atoms with E-state index in [2.05, 4.69) is 5.10 Å². The van der Waals surface area contributed by atoms with Crippen LogP contribution in [0.4, 0.5) is 5.69 Å². The van der Waals surface area contributed by atoms with E-state index in [9.17, 15) is 4.79 Å². The number of carbonyl (C=O) groups excluding carboxylic acids is 1. The van der Waals surface area contributed by atoms with Gasteiger partial charge in [-0.15, -0.1) is 0 Å². The van der Waals surface area contributed by atoms with Crippen molar-refractivity contribution in [1.82, 2.24) is 0 Å². The Balaban J connectivity index is 2.01. The zero-order valence-electron chi connectivity index (χ0n) is 8.69. The van der Waals surface area contributed by atoms with E-state index in [1.54, 1.807) is 6.07 Å². The predicted molar refractivity (Wildman–Crippen MR) is 63.7 cm³/mol. The van der Waals surface area contributed by atoms with Gasteiger partial charge in [0.1, 0.15) is 0 Å². The Bertz CT molecular complexity index is 484. The Morgan fingerprint density at radius 1 is 1.38 bits per heavy atom. The number of para-hydroxylation sites is 1. The van der Waals surface area contributed by atoms with Crippen LogP contribution in [0, 0.1) is 5.92 Å². The molecule has 0 saturated heterocycles. The lowest BCUT2D eigenvalue weighted by Crippen LogP contribution is -2.25. The Labute approximate surface area is 98.7 Å². The Morgan fingerprint density at radius 2 is 2.19 bits per heavy atom. The molecule has 0 spiro atoms. The van der Waals surface area contributed by atoms with Gasteiger partial charge in [-0.1, -0.05) is 23.7 Å². The van der Waals surface area contributed by atoms with Crippen molar-refractivity contribution in [2.45, 2.75) is 19.3 Å². The van der Waals surface area contributed by atoms with Crippen LogP contribution >= 0.6 is 11.6 Å². The molecule has 0 aromatic heterocycles. The molecule has 0 radical (unpaired) electrons. The number of hydrazone groups is 1. The highest BCUT2D eigenvalue weighted by Crippen LogP contribution is 2.35. The van der Waals surface area contributed by atoms with Gasteiger partial charge in [-0.25, -0.2) is 0 Å². The third-order valence-corrected chi connectivity index (χ3v) is 3.46. The summed E-state index contributed by atoms with van der Waals surface area (Å²) in [5.74, 6) is 0.0804. The number of halogens is 1. The number of hydrogen-bond acceptors (Lipinski definition) is 2. The lowest BCUT2D eigenvalue weighted by Gasteiger charge is -2.14. The zero-order chi connectivity index (χ0) is 11.1. The van der Waals surface area contributed by atoms with Crippen LogP contribution in [0.2, 0.25) is 5.02 Å². The molecule has 82 valence electrons. The number of rotatable bonds is 1. The summed E-state index contributed by atoms with van der Waals surface area (Å²) in [6.45, 7) is 0. The first-order valence-corrected chi connectivity index (χ1v) is 5.81. The van der Waals surface area contributed by atoms with Crippen molar-refractivity contribution in [3.05, 3.63) is 29.3 Å². The van der Waals surface area contributed by atoms with Crippen molar-refractivity contribution < 1.29 is 4.79 Å². The minimum Gasteiger partial charge on any atom is -0.272 e. The maximum absolute atomic E-state index is 12.1. The van der Waals surface area contributed by atoms with Crippen LogP contribution in [0.1, 0.15) is 19.3 Å². The summed E-state index contributed by atoms with van der Waals surface area (Å²) < 4.78 is 0. The Morgan fingerprint density at radius 3 is 2.94 bits per heavy atom. The van der Waals surface area contributed by atoms with E-state index in [1.165, 1.54) is 5.01 Å². The van der Waals surface area contributed by atoms with Gasteiger partial charge in [-0.2, -0.15) is 10.1 Å². The number of nitrogens with zero attached hydrogens (tertiary/aromatic N) is 2.